The number of carbonyl (C=O) groups excluding carboxylic acids is 2. The molecule has 145 heavy (non-hydrogen) atoms. The van der Waals surface area contributed by atoms with Crippen molar-refractivity contribution in [1.82, 2.24) is 10.6 Å². The summed E-state index contributed by atoms with van der Waals surface area (Å²) in [6.45, 7) is 0. The summed E-state index contributed by atoms with van der Waals surface area (Å²) < 4.78 is 91.2. The van der Waals surface area contributed by atoms with Crippen LogP contribution in [-0.2, 0) is 39.5 Å². The van der Waals surface area contributed by atoms with Crippen molar-refractivity contribution < 1.29 is 95.6 Å². The number of hydrogen-bond donors (Lipinski definition) is 6. The molecule has 0 bridgehead atoms. The van der Waals surface area contributed by atoms with Gasteiger partial charge in [-0.25, -0.2) is 0 Å². The molecular formula is C118H104BBrCl2F6N2O10P4Pd. The Balaban J connectivity index is 0.000000143. The van der Waals surface area contributed by atoms with E-state index >= 15 is 0 Å². The second-order valence-corrected chi connectivity index (χ2v) is 44.2. The SMILES string of the molecule is COC1CCC2(CC1)NC(=O)C(c1cc(-c3ccc(OC(F)(F)F)cc3)ccc1Cl)=C2O.COC1CCC2(CC1)NC(=O)C(c1cc(Br)ccc1Cl)=C2O.OB(O)c1ccc(OC(F)(F)F)cc1.[Pd].c1ccc(P(c2ccccc2)c2ccccc2)cc1.c1ccc(P(c2ccccc2)c2ccccc2)cc1.c1ccc(P(c2ccccc2)c2ccccc2)cc1.c1ccc(P(c2ccccc2)c2ccccc2)cc1. The van der Waals surface area contributed by atoms with E-state index in [-0.39, 0.29) is 77.4 Å². The van der Waals surface area contributed by atoms with Crippen molar-refractivity contribution in [3.05, 3.63) is 486 Å². The Morgan fingerprint density at radius 1 is 0.324 bits per heavy atom. The van der Waals surface area contributed by atoms with Gasteiger partial charge >= 0.3 is 19.8 Å². The molecule has 16 aromatic rings. The summed E-state index contributed by atoms with van der Waals surface area (Å²) >= 11 is 16.0. The molecule has 0 unspecified atom stereocenters. The first-order valence-electron chi connectivity index (χ1n) is 46.5. The first kappa shape index (κ1) is 110. The number of methoxy groups -OCH3 is 2. The molecule has 2 aliphatic heterocycles. The summed E-state index contributed by atoms with van der Waals surface area (Å²) in [5.41, 5.74) is 1.12. The molecule has 0 atom stereocenters. The topological polar surface area (TPSA) is 176 Å². The molecule has 2 heterocycles. The normalized spacial score (nSPS) is 16.1. The summed E-state index contributed by atoms with van der Waals surface area (Å²) in [6, 6.07) is 149. The summed E-state index contributed by atoms with van der Waals surface area (Å²) in [6.07, 6.45) is -3.79. The molecule has 2 spiro atoms. The maximum atomic E-state index is 12.8. The van der Waals surface area contributed by atoms with Crippen molar-refractivity contribution in [3.63, 3.8) is 0 Å². The van der Waals surface area contributed by atoms with Crippen molar-refractivity contribution in [2.45, 2.75) is 87.4 Å². The van der Waals surface area contributed by atoms with Gasteiger partial charge < -0.3 is 49.8 Å². The molecule has 2 aliphatic carbocycles. The molecule has 0 saturated heterocycles. The van der Waals surface area contributed by atoms with E-state index in [0.29, 0.717) is 65.8 Å². The molecular weight excluding hydrogens is 2110 g/mol. The van der Waals surface area contributed by atoms with Crippen molar-refractivity contribution in [2.24, 2.45) is 0 Å². The average Bonchev–Trinajstić information content (AvgIpc) is 1.60. The smallest absolute Gasteiger partial charge is 0.509 e. The Hall–Kier alpha value is -11.9. The van der Waals surface area contributed by atoms with Crippen LogP contribution in [0.4, 0.5) is 26.3 Å². The van der Waals surface area contributed by atoms with E-state index in [9.17, 15) is 46.1 Å². The summed E-state index contributed by atoms with van der Waals surface area (Å²) in [4.78, 5) is 25.3. The Morgan fingerprint density at radius 3 is 0.759 bits per heavy atom. The summed E-state index contributed by atoms with van der Waals surface area (Å²) in [7, 11) is -0.147. The molecule has 6 N–H and O–H groups in total. The minimum absolute atomic E-state index is 0. The van der Waals surface area contributed by atoms with Crippen LogP contribution in [0.1, 0.15) is 62.5 Å². The monoisotopic (exact) mass is 2210 g/mol. The predicted octanol–water partition coefficient (Wildman–Crippen LogP) is 23.5. The number of hydrogen-bond acceptors (Lipinski definition) is 10. The van der Waals surface area contributed by atoms with Gasteiger partial charge in [0, 0.05) is 60.3 Å². The minimum atomic E-state index is -4.77. The van der Waals surface area contributed by atoms with Crippen LogP contribution in [0.5, 0.6) is 11.5 Å². The van der Waals surface area contributed by atoms with Crippen LogP contribution in [0.3, 0.4) is 0 Å². The third-order valence-corrected chi connectivity index (χ3v) is 35.1. The van der Waals surface area contributed by atoms with Crippen molar-refractivity contribution in [2.75, 3.05) is 14.2 Å². The number of amides is 2. The molecule has 0 radical (unpaired) electrons. The Morgan fingerprint density at radius 2 is 0.538 bits per heavy atom. The van der Waals surface area contributed by atoms with Gasteiger partial charge in [0.15, 0.2) is 0 Å². The molecule has 27 heteroatoms. The molecule has 20 rings (SSSR count). The molecule has 2 saturated carbocycles. The first-order chi connectivity index (χ1) is 69.8. The van der Waals surface area contributed by atoms with E-state index in [1.165, 1.54) is 87.9 Å². The fraction of sp³-hybridized carbons (Fsp3) is 0.136. The number of aliphatic hydroxyl groups excluding tert-OH is 2. The van der Waals surface area contributed by atoms with Crippen LogP contribution in [0, 0.1) is 0 Å². The largest absolute Gasteiger partial charge is 0.573 e. The second kappa shape index (κ2) is 53.9. The Kier molecular flexibility index (Phi) is 41.0. The zero-order valence-corrected chi connectivity index (χ0v) is 87.1. The Labute approximate surface area is 879 Å². The van der Waals surface area contributed by atoms with Gasteiger partial charge in [-0.15, -0.1) is 26.3 Å². The Bertz CT molecular complexity index is 5950. The van der Waals surface area contributed by atoms with Gasteiger partial charge in [-0.3, -0.25) is 9.59 Å². The standard InChI is InChI=1S/C23H21ClF3NO4.4C18H15P.C16H17BrClNO3.C7H6BF3O3.Pd/c1-31-15-8-10-22(11-9-15)20(29)19(21(30)28-22)17-12-14(4-7-18(17)24)13-2-5-16(6-3-13)32-23(25,26)27;4*1-4-10-16(11-5-1)19(17-12-6-2-7-13-17)18-14-8-3-9-15-18;1-22-10-4-6-16(7-5-10)14(20)13(15(21)19-16)11-8-9(17)2-3-12(11)18;9-7(10,11)14-6-3-1-5(2-4-6)8(12)13;/h2-7,12,15,29H,8-11H2,1H3,(H,28,30);4*1-15H;2-3,8,10,20H,4-7H2,1H3,(H,19,21);1-4,12-13H;. The van der Waals surface area contributed by atoms with Crippen LogP contribution in [0.25, 0.3) is 22.3 Å². The number of rotatable bonds is 20. The van der Waals surface area contributed by atoms with Gasteiger partial charge in [-0.2, -0.15) is 0 Å². The number of aliphatic hydroxyl groups is 2. The zero-order chi connectivity index (χ0) is 101. The number of alkyl halides is 6. The molecule has 16 aromatic carbocycles. The molecule has 2 fully saturated rings. The summed E-state index contributed by atoms with van der Waals surface area (Å²) in [5.74, 6) is -1.35. The quantitative estimate of drug-likeness (QED) is 0.0245. The number of benzene rings is 16. The average molecular weight is 2220 g/mol. The molecule has 2 amide bonds. The van der Waals surface area contributed by atoms with Gasteiger partial charge in [-0.1, -0.05) is 433 Å². The maximum absolute atomic E-state index is 12.8. The molecule has 4 aliphatic rings. The van der Waals surface area contributed by atoms with Gasteiger partial charge in [0.25, 0.3) is 11.8 Å². The third-order valence-electron chi connectivity index (χ3n) is 24.2. The van der Waals surface area contributed by atoms with Gasteiger partial charge in [0.05, 0.1) is 34.4 Å². The minimum Gasteiger partial charge on any atom is -0.509 e. The number of carbonyl (C=O) groups is 2. The predicted molar refractivity (Wildman–Crippen MR) is 586 cm³/mol. The van der Waals surface area contributed by atoms with Crippen LogP contribution in [0.2, 0.25) is 10.0 Å². The van der Waals surface area contributed by atoms with E-state index in [1.807, 2.05) is 0 Å². The number of ether oxygens (including phenoxy) is 4. The van der Waals surface area contributed by atoms with Crippen LogP contribution < -0.4 is 89.2 Å². The van der Waals surface area contributed by atoms with E-state index in [0.717, 1.165) is 41.6 Å². The van der Waals surface area contributed by atoms with Crippen LogP contribution >= 0.6 is 70.8 Å². The van der Waals surface area contributed by atoms with E-state index in [2.05, 4.69) is 400 Å². The van der Waals surface area contributed by atoms with Gasteiger partial charge in [0.1, 0.15) is 23.0 Å². The molecule has 0 aromatic heterocycles. The maximum Gasteiger partial charge on any atom is 0.573 e. The molecule has 12 nitrogen and oxygen atoms in total. The zero-order valence-electron chi connectivity index (χ0n) is 78.9. The van der Waals surface area contributed by atoms with Gasteiger partial charge in [-0.05, 0) is 218 Å². The van der Waals surface area contributed by atoms with Crippen molar-refractivity contribution >= 4 is 170 Å². The van der Waals surface area contributed by atoms with Crippen LogP contribution in [-0.4, -0.2) is 89.4 Å². The summed E-state index contributed by atoms with van der Waals surface area (Å²) in [5, 5.41) is 62.5. The number of nitrogens with one attached hydrogen (secondary N) is 2. The third kappa shape index (κ3) is 30.6. The fourth-order valence-electron chi connectivity index (χ4n) is 17.2. The number of halogens is 9. The first-order valence-corrected chi connectivity index (χ1v) is 53.4. The van der Waals surface area contributed by atoms with Crippen molar-refractivity contribution in [3.8, 4) is 22.6 Å². The van der Waals surface area contributed by atoms with Crippen molar-refractivity contribution in [1.29, 1.82) is 0 Å². The second-order valence-electron chi connectivity index (χ2n) is 33.6. The van der Waals surface area contributed by atoms with E-state index in [4.69, 9.17) is 42.7 Å². The van der Waals surface area contributed by atoms with Gasteiger partial charge in [0.2, 0.25) is 0 Å². The van der Waals surface area contributed by atoms with E-state index in [1.54, 1.807) is 50.6 Å². The molecule has 742 valence electrons. The van der Waals surface area contributed by atoms with E-state index < -0.39 is 74.3 Å². The van der Waals surface area contributed by atoms with Crippen LogP contribution in [0.15, 0.2) is 465 Å². The fourth-order valence-corrected chi connectivity index (χ4v) is 27.2.